The van der Waals surface area contributed by atoms with Crippen molar-refractivity contribution < 1.29 is 9.50 Å². The number of aromatic nitrogens is 1. The number of para-hydroxylation sites is 1. The molecule has 2 N–H and O–H groups in total. The van der Waals surface area contributed by atoms with E-state index in [9.17, 15) is 9.50 Å². The zero-order valence-electron chi connectivity index (χ0n) is 17.6. The number of hydrogen-bond donors (Lipinski definition) is 2. The van der Waals surface area contributed by atoms with Gasteiger partial charge in [0.1, 0.15) is 12.0 Å². The lowest BCUT2D eigenvalue weighted by molar-refractivity contribution is 0.187. The lowest BCUT2D eigenvalue weighted by Gasteiger charge is -2.34. The highest BCUT2D eigenvalue weighted by molar-refractivity contribution is 5.63. The largest absolute Gasteiger partial charge is 0.374 e. The van der Waals surface area contributed by atoms with Crippen LogP contribution in [0.25, 0.3) is 11.1 Å². The first kappa shape index (κ1) is 20.2. The predicted molar refractivity (Wildman–Crippen MR) is 121 cm³/mol. The number of nitrogens with zero attached hydrogens (tertiary/aromatic N) is 2. The zero-order chi connectivity index (χ0) is 21.2. The van der Waals surface area contributed by atoms with Crippen molar-refractivity contribution in [3.05, 3.63) is 83.4 Å². The predicted octanol–water partition coefficient (Wildman–Crippen LogP) is 4.94. The van der Waals surface area contributed by atoms with E-state index in [2.05, 4.69) is 39.5 Å². The van der Waals surface area contributed by atoms with E-state index in [-0.39, 0.29) is 5.82 Å². The van der Waals surface area contributed by atoms with Crippen LogP contribution in [0.3, 0.4) is 0 Å². The van der Waals surface area contributed by atoms with Gasteiger partial charge in [-0.3, -0.25) is 9.88 Å². The van der Waals surface area contributed by atoms with Crippen molar-refractivity contribution in [3.63, 3.8) is 0 Å². The lowest BCUT2D eigenvalue weighted by Crippen LogP contribution is -2.33. The lowest BCUT2D eigenvalue weighted by atomic mass is 9.85. The number of aliphatic hydroxyl groups is 1. The van der Waals surface area contributed by atoms with Gasteiger partial charge < -0.3 is 10.4 Å². The number of fused-ring (bicyclic) bond motifs is 1. The van der Waals surface area contributed by atoms with Crippen molar-refractivity contribution in [1.29, 1.82) is 0 Å². The summed E-state index contributed by atoms with van der Waals surface area (Å²) < 4.78 is 13.2. The molecule has 0 spiro atoms. The van der Waals surface area contributed by atoms with Crippen LogP contribution in [0.1, 0.15) is 41.9 Å². The van der Waals surface area contributed by atoms with Gasteiger partial charge in [-0.1, -0.05) is 30.3 Å². The van der Waals surface area contributed by atoms with Crippen LogP contribution in [0.5, 0.6) is 0 Å². The van der Waals surface area contributed by atoms with Gasteiger partial charge in [0.15, 0.2) is 0 Å². The molecular formula is C26H28FN3O. The molecule has 160 valence electrons. The Morgan fingerprint density at radius 2 is 1.81 bits per heavy atom. The van der Waals surface area contributed by atoms with E-state index in [0.717, 1.165) is 62.1 Å². The molecule has 1 fully saturated rings. The molecule has 0 radical (unpaired) electrons. The molecule has 0 aliphatic carbocycles. The number of benzene rings is 2. The monoisotopic (exact) mass is 417 g/mol. The van der Waals surface area contributed by atoms with Crippen LogP contribution in [0.2, 0.25) is 0 Å². The highest BCUT2D eigenvalue weighted by Crippen LogP contribution is 2.37. The van der Waals surface area contributed by atoms with E-state index in [1.807, 2.05) is 12.4 Å². The Hall–Kier alpha value is -2.76. The van der Waals surface area contributed by atoms with Crippen LogP contribution in [0.15, 0.2) is 60.9 Å². The molecule has 1 saturated heterocycles. The first-order chi connectivity index (χ1) is 15.2. The molecule has 2 aromatic carbocycles. The van der Waals surface area contributed by atoms with Crippen LogP contribution >= 0.6 is 0 Å². The quantitative estimate of drug-likeness (QED) is 0.631. The van der Waals surface area contributed by atoms with E-state index in [4.69, 9.17) is 0 Å². The number of pyridine rings is 1. The summed E-state index contributed by atoms with van der Waals surface area (Å²) in [5.41, 5.74) is 7.04. The second-order valence-corrected chi connectivity index (χ2v) is 8.72. The molecule has 1 aromatic heterocycles. The molecule has 0 saturated carbocycles. The van der Waals surface area contributed by atoms with E-state index >= 15 is 0 Å². The number of rotatable bonds is 4. The summed E-state index contributed by atoms with van der Waals surface area (Å²) in [5, 5.41) is 13.4. The van der Waals surface area contributed by atoms with E-state index in [1.165, 1.54) is 28.8 Å². The van der Waals surface area contributed by atoms with E-state index in [1.54, 1.807) is 12.1 Å². The molecule has 3 aromatic rings. The molecule has 0 amide bonds. The van der Waals surface area contributed by atoms with Crippen molar-refractivity contribution in [2.75, 3.05) is 18.4 Å². The topological polar surface area (TPSA) is 48.4 Å². The highest BCUT2D eigenvalue weighted by atomic mass is 19.1. The van der Waals surface area contributed by atoms with Gasteiger partial charge in [0.05, 0.1) is 0 Å². The molecule has 0 bridgehead atoms. The fraction of sp³-hybridized carbons (Fsp3) is 0.346. The normalized spacial score (nSPS) is 19.6. The fourth-order valence-corrected chi connectivity index (χ4v) is 4.91. The molecule has 2 aliphatic rings. The van der Waals surface area contributed by atoms with Crippen LogP contribution in [0.4, 0.5) is 10.1 Å². The van der Waals surface area contributed by atoms with Crippen molar-refractivity contribution >= 4 is 5.69 Å². The number of aliphatic hydroxyl groups excluding tert-OH is 1. The smallest absolute Gasteiger partial charge is 0.124 e. The summed E-state index contributed by atoms with van der Waals surface area (Å²) in [6.07, 6.45) is 7.27. The molecule has 5 rings (SSSR count). The maximum absolute atomic E-state index is 13.2. The molecule has 1 atom stereocenters. The van der Waals surface area contributed by atoms with E-state index in [0.29, 0.717) is 5.92 Å². The standard InChI is InChI=1S/C26H28FN3O/c27-23-7-4-19(5-8-23)22-14-18(15-28-16-22)17-30-12-10-20(11-13-30)24-3-1-2-21-6-9-25(31)29-26(21)24/h1-5,7-8,14-16,20,25,29,31H,6,9-13,17H2. The van der Waals surface area contributed by atoms with Crippen LogP contribution < -0.4 is 5.32 Å². The maximum atomic E-state index is 13.2. The third kappa shape index (κ3) is 4.48. The second kappa shape index (κ2) is 8.77. The molecule has 1 unspecified atom stereocenters. The Bertz CT molecular complexity index is 1040. The minimum atomic E-state index is -0.436. The Kier molecular flexibility index (Phi) is 5.70. The Balaban J connectivity index is 1.24. The molecule has 3 heterocycles. The van der Waals surface area contributed by atoms with Gasteiger partial charge in [0.25, 0.3) is 0 Å². The maximum Gasteiger partial charge on any atom is 0.124 e. The van der Waals surface area contributed by atoms with Crippen molar-refractivity contribution in [2.24, 2.45) is 0 Å². The molecule has 31 heavy (non-hydrogen) atoms. The van der Waals surface area contributed by atoms with Crippen LogP contribution in [0, 0.1) is 5.82 Å². The van der Waals surface area contributed by atoms with Gasteiger partial charge in [0.2, 0.25) is 0 Å². The molecule has 5 heteroatoms. The van der Waals surface area contributed by atoms with Gasteiger partial charge in [-0.15, -0.1) is 0 Å². The minimum absolute atomic E-state index is 0.222. The average molecular weight is 418 g/mol. The van der Waals surface area contributed by atoms with Gasteiger partial charge in [0, 0.05) is 30.2 Å². The molecule has 4 nitrogen and oxygen atoms in total. The highest BCUT2D eigenvalue weighted by Gasteiger charge is 2.26. The van der Waals surface area contributed by atoms with Gasteiger partial charge in [-0.2, -0.15) is 0 Å². The van der Waals surface area contributed by atoms with Crippen LogP contribution in [-0.2, 0) is 13.0 Å². The third-order valence-corrected chi connectivity index (χ3v) is 6.59. The summed E-state index contributed by atoms with van der Waals surface area (Å²) in [6.45, 7) is 2.95. The summed E-state index contributed by atoms with van der Waals surface area (Å²) in [7, 11) is 0. The van der Waals surface area contributed by atoms with Gasteiger partial charge >= 0.3 is 0 Å². The number of halogens is 1. The number of hydrogen-bond acceptors (Lipinski definition) is 4. The summed E-state index contributed by atoms with van der Waals surface area (Å²) in [4.78, 5) is 6.90. The average Bonchev–Trinajstić information content (AvgIpc) is 2.80. The summed E-state index contributed by atoms with van der Waals surface area (Å²) in [5.74, 6) is 0.299. The summed E-state index contributed by atoms with van der Waals surface area (Å²) >= 11 is 0. The second-order valence-electron chi connectivity index (χ2n) is 8.72. The fourth-order valence-electron chi connectivity index (χ4n) is 4.91. The summed E-state index contributed by atoms with van der Waals surface area (Å²) in [6, 6.07) is 15.3. The zero-order valence-corrected chi connectivity index (χ0v) is 17.6. The van der Waals surface area contributed by atoms with Crippen molar-refractivity contribution in [3.8, 4) is 11.1 Å². The Morgan fingerprint density at radius 3 is 2.61 bits per heavy atom. The third-order valence-electron chi connectivity index (χ3n) is 6.59. The SMILES string of the molecule is OC1CCc2cccc(C3CCN(Cc4cncc(-c5ccc(F)cc5)c4)CC3)c2N1. The van der Waals surface area contributed by atoms with Crippen molar-refractivity contribution in [1.82, 2.24) is 9.88 Å². The number of anilines is 1. The number of likely N-dealkylation sites (tertiary alicyclic amines) is 1. The first-order valence-electron chi connectivity index (χ1n) is 11.1. The number of piperidine rings is 1. The van der Waals surface area contributed by atoms with Crippen molar-refractivity contribution in [2.45, 2.75) is 44.4 Å². The Morgan fingerprint density at radius 1 is 1.00 bits per heavy atom. The minimum Gasteiger partial charge on any atom is -0.374 e. The number of nitrogens with one attached hydrogen (secondary N) is 1. The van der Waals surface area contributed by atoms with E-state index < -0.39 is 6.23 Å². The Labute approximate surface area is 182 Å². The first-order valence-corrected chi connectivity index (χ1v) is 11.1. The number of aryl methyl sites for hydroxylation is 1. The molecule has 2 aliphatic heterocycles. The van der Waals surface area contributed by atoms with Crippen LogP contribution in [-0.4, -0.2) is 34.3 Å². The van der Waals surface area contributed by atoms with Gasteiger partial charge in [-0.25, -0.2) is 4.39 Å². The van der Waals surface area contributed by atoms with Gasteiger partial charge in [-0.05, 0) is 85.1 Å². The molecular weight excluding hydrogens is 389 g/mol.